The minimum atomic E-state index is -0.282. The number of aryl methyl sites for hydroxylation is 1. The summed E-state index contributed by atoms with van der Waals surface area (Å²) in [5.74, 6) is 2.32. The number of rotatable bonds is 2. The molecule has 0 bridgehead atoms. The minimum Gasteiger partial charge on any atom is -0.469 e. The molecule has 1 aliphatic heterocycles. The number of hydrogen-bond donors (Lipinski definition) is 1. The predicted molar refractivity (Wildman–Crippen MR) is 93.5 cm³/mol. The van der Waals surface area contributed by atoms with E-state index in [1.165, 1.54) is 0 Å². The van der Waals surface area contributed by atoms with E-state index in [-0.39, 0.29) is 17.7 Å². The Labute approximate surface area is 149 Å². The molecule has 0 aromatic carbocycles. The number of hydrogen-bond acceptors (Lipinski definition) is 6. The fourth-order valence-corrected chi connectivity index (χ4v) is 3.90. The average molecular weight is 347 g/mol. The third-order valence-corrected chi connectivity index (χ3v) is 4.99. The van der Waals surface area contributed by atoms with Crippen molar-refractivity contribution in [2.45, 2.75) is 31.7 Å². The van der Waals surface area contributed by atoms with Gasteiger partial charge in [-0.15, -0.1) is 0 Å². The molecule has 5 rings (SSSR count). The third kappa shape index (κ3) is 2.28. The van der Waals surface area contributed by atoms with Crippen molar-refractivity contribution in [2.24, 2.45) is 0 Å². The molecule has 0 saturated heterocycles. The summed E-state index contributed by atoms with van der Waals surface area (Å²) in [6.07, 6.45) is 6.26. The second kappa shape index (κ2) is 5.66. The molecule has 0 amide bonds. The van der Waals surface area contributed by atoms with Gasteiger partial charge in [-0.25, -0.2) is 4.68 Å². The zero-order valence-electron chi connectivity index (χ0n) is 14.2. The lowest BCUT2D eigenvalue weighted by Crippen LogP contribution is -2.33. The van der Waals surface area contributed by atoms with Crippen molar-refractivity contribution in [3.05, 3.63) is 71.3 Å². The minimum absolute atomic E-state index is 0.0393. The lowest BCUT2D eigenvalue weighted by atomic mass is 9.80. The van der Waals surface area contributed by atoms with Crippen LogP contribution in [0.2, 0.25) is 0 Å². The number of allylic oxidation sites excluding steroid dienone is 2. The van der Waals surface area contributed by atoms with Crippen LogP contribution in [-0.2, 0) is 4.79 Å². The summed E-state index contributed by atoms with van der Waals surface area (Å²) in [7, 11) is 0. The molecule has 130 valence electrons. The Balaban J connectivity index is 1.64. The molecule has 0 radical (unpaired) electrons. The van der Waals surface area contributed by atoms with Crippen molar-refractivity contribution in [1.29, 1.82) is 0 Å². The summed E-state index contributed by atoms with van der Waals surface area (Å²) in [5.41, 5.74) is 2.64. The Kier molecular flexibility index (Phi) is 3.28. The van der Waals surface area contributed by atoms with Crippen molar-refractivity contribution in [3.8, 4) is 0 Å². The zero-order chi connectivity index (χ0) is 17.7. The maximum atomic E-state index is 13.1. The van der Waals surface area contributed by atoms with Crippen LogP contribution in [0.15, 0.2) is 58.6 Å². The summed E-state index contributed by atoms with van der Waals surface area (Å²) >= 11 is 0. The van der Waals surface area contributed by atoms with Crippen LogP contribution >= 0.6 is 0 Å². The lowest BCUT2D eigenvalue weighted by Gasteiger charge is -2.34. The molecule has 0 spiro atoms. The van der Waals surface area contributed by atoms with Crippen LogP contribution in [0.3, 0.4) is 0 Å². The van der Waals surface area contributed by atoms with Gasteiger partial charge in [0.05, 0.1) is 6.26 Å². The first-order valence-corrected chi connectivity index (χ1v) is 8.60. The highest BCUT2D eigenvalue weighted by Crippen LogP contribution is 2.43. The summed E-state index contributed by atoms with van der Waals surface area (Å²) in [5, 5.41) is 7.85. The second-order valence-corrected chi connectivity index (χ2v) is 6.67. The monoisotopic (exact) mass is 347 g/mol. The van der Waals surface area contributed by atoms with Gasteiger partial charge in [0.15, 0.2) is 5.78 Å². The number of furan rings is 1. The van der Waals surface area contributed by atoms with E-state index < -0.39 is 0 Å². The van der Waals surface area contributed by atoms with E-state index in [9.17, 15) is 4.79 Å². The van der Waals surface area contributed by atoms with Gasteiger partial charge in [0, 0.05) is 36.0 Å². The van der Waals surface area contributed by atoms with Crippen molar-refractivity contribution in [1.82, 2.24) is 19.7 Å². The number of pyridine rings is 1. The number of aromatic nitrogens is 4. The lowest BCUT2D eigenvalue weighted by molar-refractivity contribution is -0.117. The van der Waals surface area contributed by atoms with Gasteiger partial charge in [-0.2, -0.15) is 10.1 Å². The Morgan fingerprint density at radius 2 is 2.08 bits per heavy atom. The largest absolute Gasteiger partial charge is 0.469 e. The smallest absolute Gasteiger partial charge is 0.226 e. The summed E-state index contributed by atoms with van der Waals surface area (Å²) < 4.78 is 7.34. The maximum Gasteiger partial charge on any atom is 0.226 e. The van der Waals surface area contributed by atoms with E-state index in [0.717, 1.165) is 22.6 Å². The molecule has 26 heavy (non-hydrogen) atoms. The van der Waals surface area contributed by atoms with Gasteiger partial charge in [-0.3, -0.25) is 9.78 Å². The number of Topliss-reactive ketones (excluding diaryl/α,β-unsaturated/α-hetero) is 1. The molecular formula is C19H17N5O2. The first-order chi connectivity index (χ1) is 12.7. The number of nitrogens with one attached hydrogen (secondary N) is 1. The van der Waals surface area contributed by atoms with Crippen molar-refractivity contribution in [3.63, 3.8) is 0 Å². The van der Waals surface area contributed by atoms with Crippen molar-refractivity contribution < 1.29 is 9.21 Å². The maximum absolute atomic E-state index is 13.1. The Morgan fingerprint density at radius 1 is 1.23 bits per heavy atom. The standard InChI is InChI=1S/C19H17N5O2/c1-11-21-19-22-14-9-13(16-3-2-8-26-16)10-15(25)17(14)18(24(19)23-11)12-4-6-20-7-5-12/h2-8,13,18H,9-10H2,1H3,(H,21,22,23)/t13-,18-/m1/s1. The molecule has 3 aromatic rings. The molecule has 7 heteroatoms. The second-order valence-electron chi connectivity index (χ2n) is 6.67. The predicted octanol–water partition coefficient (Wildman–Crippen LogP) is 2.99. The average Bonchev–Trinajstić information content (AvgIpc) is 3.29. The normalized spacial score (nSPS) is 22.0. The Morgan fingerprint density at radius 3 is 2.85 bits per heavy atom. The topological polar surface area (TPSA) is 85.8 Å². The molecule has 3 aromatic heterocycles. The van der Waals surface area contributed by atoms with Gasteiger partial charge in [-0.1, -0.05) is 0 Å². The van der Waals surface area contributed by atoms with Gasteiger partial charge in [0.2, 0.25) is 5.95 Å². The summed E-state index contributed by atoms with van der Waals surface area (Å²) in [6.45, 7) is 1.85. The molecule has 0 saturated carbocycles. The Hall–Kier alpha value is -3.22. The van der Waals surface area contributed by atoms with Crippen molar-refractivity contribution >= 4 is 11.7 Å². The molecule has 1 N–H and O–H groups in total. The van der Waals surface area contributed by atoms with Gasteiger partial charge < -0.3 is 9.73 Å². The van der Waals surface area contributed by atoms with Crippen LogP contribution in [0, 0.1) is 6.92 Å². The van der Waals surface area contributed by atoms with Gasteiger partial charge in [-0.05, 0) is 43.2 Å². The molecule has 1 aliphatic carbocycles. The molecule has 0 fully saturated rings. The molecule has 4 heterocycles. The zero-order valence-corrected chi connectivity index (χ0v) is 14.2. The molecular weight excluding hydrogens is 330 g/mol. The van der Waals surface area contributed by atoms with Crippen LogP contribution in [0.4, 0.5) is 5.95 Å². The fourth-order valence-electron chi connectivity index (χ4n) is 3.90. The SMILES string of the molecule is Cc1nc2n(n1)[C@H](c1ccncc1)C1=C(C[C@@H](c3ccco3)CC1=O)N2. The van der Waals surface area contributed by atoms with Gasteiger partial charge in [0.1, 0.15) is 17.6 Å². The van der Waals surface area contributed by atoms with Crippen LogP contribution in [0.25, 0.3) is 0 Å². The first-order valence-electron chi connectivity index (χ1n) is 8.60. The number of carbonyl (C=O) groups excluding carboxylic acids is 1. The van der Waals surface area contributed by atoms with E-state index >= 15 is 0 Å². The molecule has 7 nitrogen and oxygen atoms in total. The molecule has 0 unspecified atom stereocenters. The summed E-state index contributed by atoms with van der Waals surface area (Å²) in [4.78, 5) is 21.7. The third-order valence-electron chi connectivity index (χ3n) is 4.99. The van der Waals surface area contributed by atoms with Crippen LogP contribution < -0.4 is 5.32 Å². The number of nitrogens with zero attached hydrogens (tertiary/aromatic N) is 4. The summed E-state index contributed by atoms with van der Waals surface area (Å²) in [6, 6.07) is 7.35. The molecule has 2 aliphatic rings. The highest BCUT2D eigenvalue weighted by atomic mass is 16.3. The highest BCUT2D eigenvalue weighted by Gasteiger charge is 2.40. The first kappa shape index (κ1) is 15.1. The van der Waals surface area contributed by atoms with Gasteiger partial charge in [0.25, 0.3) is 0 Å². The number of anilines is 1. The van der Waals surface area contributed by atoms with Crippen LogP contribution in [0.1, 0.15) is 41.9 Å². The fraction of sp³-hybridized carbons (Fsp3) is 0.263. The number of carbonyl (C=O) groups is 1. The Bertz CT molecular complexity index is 1000. The quantitative estimate of drug-likeness (QED) is 0.767. The number of ketones is 1. The van der Waals surface area contributed by atoms with Crippen LogP contribution in [0.5, 0.6) is 0 Å². The van der Waals surface area contributed by atoms with E-state index in [1.54, 1.807) is 23.3 Å². The van der Waals surface area contributed by atoms with Crippen LogP contribution in [-0.4, -0.2) is 25.5 Å². The van der Waals surface area contributed by atoms with E-state index in [4.69, 9.17) is 4.42 Å². The van der Waals surface area contributed by atoms with E-state index in [0.29, 0.717) is 24.6 Å². The van der Waals surface area contributed by atoms with Gasteiger partial charge >= 0.3 is 0 Å². The molecule has 2 atom stereocenters. The number of fused-ring (bicyclic) bond motifs is 1. The van der Waals surface area contributed by atoms with E-state index in [2.05, 4.69) is 20.4 Å². The van der Waals surface area contributed by atoms with E-state index in [1.807, 2.05) is 31.2 Å². The highest BCUT2D eigenvalue weighted by molar-refractivity contribution is 6.00. The van der Waals surface area contributed by atoms with Crippen molar-refractivity contribution in [2.75, 3.05) is 5.32 Å².